The van der Waals surface area contributed by atoms with E-state index in [9.17, 15) is 9.59 Å². The molecule has 1 amide bonds. The number of nitrogens with one attached hydrogen (secondary N) is 1. The van der Waals surface area contributed by atoms with Gasteiger partial charge in [-0.05, 0) is 40.2 Å². The first-order valence-corrected chi connectivity index (χ1v) is 8.23. The average molecular weight is 408 g/mol. The van der Waals surface area contributed by atoms with Gasteiger partial charge in [0.05, 0.1) is 18.7 Å². The maximum absolute atomic E-state index is 11.9. The third kappa shape index (κ3) is 5.22. The normalized spacial score (nSPS) is 10.0. The van der Waals surface area contributed by atoms with Gasteiger partial charge < -0.3 is 19.5 Å². The molecule has 25 heavy (non-hydrogen) atoms. The monoisotopic (exact) mass is 407 g/mol. The minimum Gasteiger partial charge on any atom is -0.496 e. The third-order valence-electron chi connectivity index (χ3n) is 3.37. The molecule has 7 heteroatoms. The van der Waals surface area contributed by atoms with Gasteiger partial charge in [-0.1, -0.05) is 18.2 Å². The first kappa shape index (κ1) is 18.8. The number of methoxy groups -OCH3 is 2. The summed E-state index contributed by atoms with van der Waals surface area (Å²) in [6.45, 7) is -0.212. The van der Waals surface area contributed by atoms with Gasteiger partial charge in [0.15, 0.2) is 0 Å². The van der Waals surface area contributed by atoms with Crippen molar-refractivity contribution in [1.29, 1.82) is 0 Å². The fourth-order valence-corrected chi connectivity index (χ4v) is 2.57. The Morgan fingerprint density at radius 1 is 1.04 bits per heavy atom. The molecule has 0 saturated carbocycles. The number of rotatable bonds is 7. The number of hydrogen-bond donors (Lipinski definition) is 1. The molecule has 2 aromatic carbocycles. The summed E-state index contributed by atoms with van der Waals surface area (Å²) in [5.41, 5.74) is 1.14. The molecule has 6 nitrogen and oxygen atoms in total. The van der Waals surface area contributed by atoms with Gasteiger partial charge in [-0.25, -0.2) is 0 Å². The first-order valence-electron chi connectivity index (χ1n) is 7.44. The van der Waals surface area contributed by atoms with Gasteiger partial charge >= 0.3 is 5.97 Å². The van der Waals surface area contributed by atoms with Crippen LogP contribution < -0.4 is 14.8 Å². The van der Waals surface area contributed by atoms with Gasteiger partial charge in [-0.2, -0.15) is 0 Å². The number of carbonyl (C=O) groups is 2. The van der Waals surface area contributed by atoms with Gasteiger partial charge in [0.1, 0.15) is 24.7 Å². The van der Waals surface area contributed by atoms with Crippen LogP contribution in [0.4, 0.5) is 0 Å². The van der Waals surface area contributed by atoms with E-state index >= 15 is 0 Å². The van der Waals surface area contributed by atoms with Crippen LogP contribution in [0, 0.1) is 0 Å². The molecule has 0 aliphatic rings. The Morgan fingerprint density at radius 2 is 1.72 bits per heavy atom. The van der Waals surface area contributed by atoms with Crippen molar-refractivity contribution in [3.63, 3.8) is 0 Å². The lowest BCUT2D eigenvalue weighted by atomic mass is 10.2. The molecule has 0 saturated heterocycles. The highest BCUT2D eigenvalue weighted by Gasteiger charge is 2.13. The molecule has 0 spiro atoms. The van der Waals surface area contributed by atoms with Crippen LogP contribution in [0.15, 0.2) is 46.9 Å². The minimum absolute atomic E-state index is 0.00680. The molecule has 0 bridgehead atoms. The van der Waals surface area contributed by atoms with Gasteiger partial charge in [0.25, 0.3) is 5.91 Å². The van der Waals surface area contributed by atoms with Crippen molar-refractivity contribution in [2.75, 3.05) is 20.8 Å². The smallest absolute Gasteiger partial charge is 0.325 e. The molecule has 0 heterocycles. The first-order chi connectivity index (χ1) is 12.0. The number of carbonyl (C=O) groups excluding carboxylic acids is 2. The predicted octanol–water partition coefficient (Wildman–Crippen LogP) is 2.94. The van der Waals surface area contributed by atoms with Crippen LogP contribution in [-0.2, 0) is 16.1 Å². The molecule has 0 aromatic heterocycles. The molecule has 0 aliphatic carbocycles. The number of benzene rings is 2. The van der Waals surface area contributed by atoms with Crippen LogP contribution in [-0.4, -0.2) is 32.6 Å². The lowest BCUT2D eigenvalue weighted by Gasteiger charge is -2.13. The highest BCUT2D eigenvalue weighted by molar-refractivity contribution is 9.10. The summed E-state index contributed by atoms with van der Waals surface area (Å²) in [6.07, 6.45) is 0. The van der Waals surface area contributed by atoms with Gasteiger partial charge in [0, 0.05) is 11.1 Å². The minimum atomic E-state index is -0.548. The van der Waals surface area contributed by atoms with Crippen LogP contribution in [0.2, 0.25) is 0 Å². The zero-order chi connectivity index (χ0) is 18.2. The van der Waals surface area contributed by atoms with Crippen molar-refractivity contribution in [1.82, 2.24) is 5.32 Å². The summed E-state index contributed by atoms with van der Waals surface area (Å²) in [5.74, 6) is 0.284. The van der Waals surface area contributed by atoms with Crippen molar-refractivity contribution in [2.45, 2.75) is 6.61 Å². The highest BCUT2D eigenvalue weighted by Crippen LogP contribution is 2.33. The summed E-state index contributed by atoms with van der Waals surface area (Å²) in [5, 5.41) is 2.52. The maximum atomic E-state index is 11.9. The molecule has 2 aromatic rings. The molecule has 0 atom stereocenters. The highest BCUT2D eigenvalue weighted by atomic mass is 79.9. The van der Waals surface area contributed by atoms with Crippen LogP contribution in [0.5, 0.6) is 11.5 Å². The molecule has 1 N–H and O–H groups in total. The van der Waals surface area contributed by atoms with E-state index in [2.05, 4.69) is 21.2 Å². The second kappa shape index (κ2) is 9.08. The fraction of sp³-hybridized carbons (Fsp3) is 0.222. The van der Waals surface area contributed by atoms with Gasteiger partial charge in [0.2, 0.25) is 0 Å². The van der Waals surface area contributed by atoms with Crippen LogP contribution in [0.25, 0.3) is 0 Å². The van der Waals surface area contributed by atoms with Crippen LogP contribution >= 0.6 is 15.9 Å². The van der Waals surface area contributed by atoms with Crippen molar-refractivity contribution < 1.29 is 23.8 Å². The quantitative estimate of drug-likeness (QED) is 0.714. The Balaban J connectivity index is 1.91. The van der Waals surface area contributed by atoms with Gasteiger partial charge in [-0.15, -0.1) is 0 Å². The summed E-state index contributed by atoms with van der Waals surface area (Å²) >= 11 is 3.37. The van der Waals surface area contributed by atoms with E-state index < -0.39 is 5.97 Å². The number of halogens is 1. The Labute approximate surface area is 154 Å². The van der Waals surface area contributed by atoms with E-state index in [1.807, 2.05) is 6.07 Å². The molecular formula is C18H18BrNO5. The third-order valence-corrected chi connectivity index (χ3v) is 3.99. The second-order valence-electron chi connectivity index (χ2n) is 5.01. The Hall–Kier alpha value is -2.54. The maximum Gasteiger partial charge on any atom is 0.325 e. The zero-order valence-corrected chi connectivity index (χ0v) is 15.5. The predicted molar refractivity (Wildman–Crippen MR) is 95.8 cm³/mol. The summed E-state index contributed by atoms with van der Waals surface area (Å²) in [4.78, 5) is 23.7. The SMILES string of the molecule is COc1cc(COC(=O)CNC(=O)c2ccccc2)c(OC)cc1Br. The van der Waals surface area contributed by atoms with Crippen molar-refractivity contribution in [3.8, 4) is 11.5 Å². The average Bonchev–Trinajstić information content (AvgIpc) is 2.65. The second-order valence-corrected chi connectivity index (χ2v) is 5.86. The molecule has 0 aliphatic heterocycles. The summed E-state index contributed by atoms with van der Waals surface area (Å²) in [6, 6.07) is 12.1. The van der Waals surface area contributed by atoms with Crippen molar-refractivity contribution >= 4 is 27.8 Å². The fourth-order valence-electron chi connectivity index (χ4n) is 2.09. The molecular weight excluding hydrogens is 390 g/mol. The zero-order valence-electron chi connectivity index (χ0n) is 13.9. The number of esters is 1. The molecule has 0 unspecified atom stereocenters. The molecule has 2 rings (SSSR count). The molecule has 0 fully saturated rings. The Bertz CT molecular complexity index is 749. The van der Waals surface area contributed by atoms with E-state index in [4.69, 9.17) is 14.2 Å². The van der Waals surface area contributed by atoms with Crippen molar-refractivity contribution in [3.05, 3.63) is 58.1 Å². The molecule has 132 valence electrons. The number of amides is 1. The van der Waals surface area contributed by atoms with Crippen LogP contribution in [0.1, 0.15) is 15.9 Å². The van der Waals surface area contributed by atoms with E-state index in [1.54, 1.807) is 43.5 Å². The van der Waals surface area contributed by atoms with Gasteiger partial charge in [-0.3, -0.25) is 9.59 Å². The lowest BCUT2D eigenvalue weighted by Crippen LogP contribution is -2.30. The Morgan fingerprint density at radius 3 is 2.36 bits per heavy atom. The van der Waals surface area contributed by atoms with E-state index in [-0.39, 0.29) is 19.1 Å². The lowest BCUT2D eigenvalue weighted by molar-refractivity contribution is -0.143. The largest absolute Gasteiger partial charge is 0.496 e. The van der Waals surface area contributed by atoms with E-state index in [0.717, 1.165) is 4.47 Å². The van der Waals surface area contributed by atoms with E-state index in [1.165, 1.54) is 7.11 Å². The summed E-state index contributed by atoms with van der Waals surface area (Å²) in [7, 11) is 3.07. The molecule has 0 radical (unpaired) electrons. The summed E-state index contributed by atoms with van der Waals surface area (Å²) < 4.78 is 16.4. The van der Waals surface area contributed by atoms with Crippen LogP contribution in [0.3, 0.4) is 0 Å². The topological polar surface area (TPSA) is 73.9 Å². The standard InChI is InChI=1S/C18H18BrNO5/c1-23-15-9-14(19)16(24-2)8-13(15)11-25-17(21)10-20-18(22)12-6-4-3-5-7-12/h3-9H,10-11H2,1-2H3,(H,20,22). The van der Waals surface area contributed by atoms with Crippen molar-refractivity contribution in [2.24, 2.45) is 0 Å². The Kier molecular flexibility index (Phi) is 6.82. The van der Waals surface area contributed by atoms with E-state index in [0.29, 0.717) is 22.6 Å². The number of hydrogen-bond acceptors (Lipinski definition) is 5. The number of ether oxygens (including phenoxy) is 3.